The van der Waals surface area contributed by atoms with Crippen LogP contribution in [-0.4, -0.2) is 35.2 Å². The molecule has 5 nitrogen and oxygen atoms in total. The van der Waals surface area contributed by atoms with Crippen LogP contribution in [0.5, 0.6) is 17.2 Å². The van der Waals surface area contributed by atoms with Crippen molar-refractivity contribution in [3.05, 3.63) is 18.2 Å². The van der Waals surface area contributed by atoms with Gasteiger partial charge in [0.05, 0.1) is 6.54 Å². The Kier molecular flexibility index (Phi) is 2.85. The van der Waals surface area contributed by atoms with Crippen molar-refractivity contribution in [2.75, 3.05) is 13.1 Å². The maximum atomic E-state index is 9.54. The summed E-state index contributed by atoms with van der Waals surface area (Å²) in [5, 5.41) is 22.2. The summed E-state index contributed by atoms with van der Waals surface area (Å²) in [5.41, 5.74) is 0. The highest BCUT2D eigenvalue weighted by Crippen LogP contribution is 2.35. The number of rotatable bonds is 3. The lowest BCUT2D eigenvalue weighted by molar-refractivity contribution is 0.256. The monoisotopic (exact) mass is 222 g/mol. The van der Waals surface area contributed by atoms with E-state index >= 15 is 0 Å². The van der Waals surface area contributed by atoms with Gasteiger partial charge in [-0.1, -0.05) is 6.07 Å². The van der Waals surface area contributed by atoms with E-state index in [4.69, 9.17) is 4.74 Å². The van der Waals surface area contributed by atoms with E-state index in [1.54, 1.807) is 6.07 Å². The molecule has 1 aliphatic heterocycles. The molecule has 1 aromatic carbocycles. The third kappa shape index (κ3) is 2.03. The average molecular weight is 222 g/mol. The van der Waals surface area contributed by atoms with E-state index in [1.807, 2.05) is 6.92 Å². The number of para-hydroxylation sites is 1. The van der Waals surface area contributed by atoms with Gasteiger partial charge < -0.3 is 20.3 Å². The van der Waals surface area contributed by atoms with Crippen LogP contribution >= 0.6 is 0 Å². The summed E-state index contributed by atoms with van der Waals surface area (Å²) in [6.07, 6.45) is -0.318. The van der Waals surface area contributed by atoms with Crippen molar-refractivity contribution in [2.24, 2.45) is 4.99 Å². The fraction of sp³-hybridized carbons (Fsp3) is 0.364. The van der Waals surface area contributed by atoms with Crippen LogP contribution in [0.15, 0.2) is 23.2 Å². The number of phenolic OH excluding ortho intramolecular Hbond substituents is 2. The molecule has 1 heterocycles. The number of benzene rings is 1. The Labute approximate surface area is 93.4 Å². The van der Waals surface area contributed by atoms with Gasteiger partial charge in [0, 0.05) is 6.54 Å². The van der Waals surface area contributed by atoms with Gasteiger partial charge in [-0.25, -0.2) is 0 Å². The van der Waals surface area contributed by atoms with Crippen LogP contribution < -0.4 is 10.1 Å². The molecule has 0 fully saturated rings. The fourth-order valence-corrected chi connectivity index (χ4v) is 1.55. The molecule has 0 spiro atoms. The number of amidine groups is 1. The third-order valence-corrected chi connectivity index (χ3v) is 2.35. The molecule has 1 aromatic rings. The second-order valence-electron chi connectivity index (χ2n) is 3.58. The zero-order chi connectivity index (χ0) is 11.5. The molecule has 5 heteroatoms. The van der Waals surface area contributed by atoms with Crippen LogP contribution in [0, 0.1) is 0 Å². The predicted molar refractivity (Wildman–Crippen MR) is 60.2 cm³/mol. The second-order valence-corrected chi connectivity index (χ2v) is 3.58. The second kappa shape index (κ2) is 4.30. The number of hydrogen-bond acceptors (Lipinski definition) is 5. The number of nitrogens with one attached hydrogen (secondary N) is 1. The standard InChI is InChI=1S/C11H14N2O3/c1-7(11-12-5-6-13-11)16-10-8(14)3-2-4-9(10)15/h2-4,7,14-15H,5-6H2,1H3,(H,12,13). The van der Waals surface area contributed by atoms with Gasteiger partial charge in [-0.15, -0.1) is 0 Å². The maximum absolute atomic E-state index is 9.54. The Morgan fingerprint density at radius 2 is 2.06 bits per heavy atom. The minimum absolute atomic E-state index is 0.0783. The van der Waals surface area contributed by atoms with Crippen molar-refractivity contribution in [3.63, 3.8) is 0 Å². The number of hydrogen-bond donors (Lipinski definition) is 3. The molecule has 86 valence electrons. The van der Waals surface area contributed by atoms with Gasteiger partial charge in [-0.2, -0.15) is 0 Å². The van der Waals surface area contributed by atoms with Gasteiger partial charge in [-0.05, 0) is 19.1 Å². The fourth-order valence-electron chi connectivity index (χ4n) is 1.55. The van der Waals surface area contributed by atoms with E-state index in [-0.39, 0.29) is 23.4 Å². The summed E-state index contributed by atoms with van der Waals surface area (Å²) >= 11 is 0. The zero-order valence-electron chi connectivity index (χ0n) is 8.97. The Morgan fingerprint density at radius 3 is 2.62 bits per heavy atom. The molecule has 0 radical (unpaired) electrons. The van der Waals surface area contributed by atoms with Crippen LogP contribution in [0.3, 0.4) is 0 Å². The van der Waals surface area contributed by atoms with Crippen molar-refractivity contribution < 1.29 is 14.9 Å². The predicted octanol–water partition coefficient (Wildman–Crippen LogP) is 0.867. The molecule has 0 saturated carbocycles. The van der Waals surface area contributed by atoms with Crippen molar-refractivity contribution in [1.82, 2.24) is 5.32 Å². The summed E-state index contributed by atoms with van der Waals surface area (Å²) in [4.78, 5) is 4.21. The molecule has 1 unspecified atom stereocenters. The molecule has 0 aromatic heterocycles. The maximum Gasteiger partial charge on any atom is 0.203 e. The normalized spacial score (nSPS) is 16.4. The molecular formula is C11H14N2O3. The summed E-state index contributed by atoms with van der Waals surface area (Å²) in [5.74, 6) is 0.671. The van der Waals surface area contributed by atoms with E-state index in [1.165, 1.54) is 12.1 Å². The summed E-state index contributed by atoms with van der Waals surface area (Å²) < 4.78 is 5.47. The molecule has 0 amide bonds. The van der Waals surface area contributed by atoms with E-state index in [9.17, 15) is 10.2 Å². The Hall–Kier alpha value is -1.91. The van der Waals surface area contributed by atoms with Crippen molar-refractivity contribution in [1.29, 1.82) is 0 Å². The molecular weight excluding hydrogens is 208 g/mol. The Morgan fingerprint density at radius 1 is 1.38 bits per heavy atom. The van der Waals surface area contributed by atoms with Gasteiger partial charge in [0.1, 0.15) is 5.84 Å². The first-order chi connectivity index (χ1) is 7.68. The minimum Gasteiger partial charge on any atom is -0.504 e. The zero-order valence-corrected chi connectivity index (χ0v) is 8.97. The number of nitrogens with zero attached hydrogens (tertiary/aromatic N) is 1. The number of aromatic hydroxyl groups is 2. The van der Waals surface area contributed by atoms with Crippen LogP contribution in [0.4, 0.5) is 0 Å². The van der Waals surface area contributed by atoms with Gasteiger partial charge in [-0.3, -0.25) is 4.99 Å². The highest BCUT2D eigenvalue weighted by Gasteiger charge is 2.18. The first-order valence-corrected chi connectivity index (χ1v) is 5.14. The third-order valence-electron chi connectivity index (χ3n) is 2.35. The average Bonchev–Trinajstić information content (AvgIpc) is 2.76. The highest BCUT2D eigenvalue weighted by molar-refractivity contribution is 5.87. The van der Waals surface area contributed by atoms with Crippen molar-refractivity contribution >= 4 is 5.84 Å². The van der Waals surface area contributed by atoms with Crippen LogP contribution in [-0.2, 0) is 0 Å². The van der Waals surface area contributed by atoms with Crippen LogP contribution in [0.1, 0.15) is 6.92 Å². The lowest BCUT2D eigenvalue weighted by Crippen LogP contribution is -2.33. The van der Waals surface area contributed by atoms with E-state index < -0.39 is 0 Å². The highest BCUT2D eigenvalue weighted by atomic mass is 16.5. The first-order valence-electron chi connectivity index (χ1n) is 5.14. The van der Waals surface area contributed by atoms with Gasteiger partial charge in [0.25, 0.3) is 0 Å². The van der Waals surface area contributed by atoms with Gasteiger partial charge >= 0.3 is 0 Å². The molecule has 1 atom stereocenters. The molecule has 0 saturated heterocycles. The summed E-state index contributed by atoms with van der Waals surface area (Å²) in [6.45, 7) is 3.34. The summed E-state index contributed by atoms with van der Waals surface area (Å²) in [6, 6.07) is 4.48. The largest absolute Gasteiger partial charge is 0.504 e. The molecule has 3 N–H and O–H groups in total. The summed E-state index contributed by atoms with van der Waals surface area (Å²) in [7, 11) is 0. The molecule has 0 aliphatic carbocycles. The van der Waals surface area contributed by atoms with E-state index in [0.29, 0.717) is 0 Å². The number of phenols is 2. The molecule has 0 bridgehead atoms. The first kappa shape index (κ1) is 10.6. The lowest BCUT2D eigenvalue weighted by Gasteiger charge is -2.16. The van der Waals surface area contributed by atoms with Crippen molar-refractivity contribution in [3.8, 4) is 17.2 Å². The van der Waals surface area contributed by atoms with Gasteiger partial charge in [0.2, 0.25) is 5.75 Å². The van der Waals surface area contributed by atoms with Crippen LogP contribution in [0.2, 0.25) is 0 Å². The molecule has 16 heavy (non-hydrogen) atoms. The minimum atomic E-state index is -0.318. The smallest absolute Gasteiger partial charge is 0.203 e. The van der Waals surface area contributed by atoms with Gasteiger partial charge in [0.15, 0.2) is 17.6 Å². The SMILES string of the molecule is CC(Oc1c(O)cccc1O)C1=NCCN1. The molecule has 1 aliphatic rings. The topological polar surface area (TPSA) is 74.1 Å². The van der Waals surface area contributed by atoms with E-state index in [0.717, 1.165) is 18.9 Å². The molecule has 2 rings (SSSR count). The number of ether oxygens (including phenoxy) is 1. The quantitative estimate of drug-likeness (QED) is 0.709. The van der Waals surface area contributed by atoms with Crippen molar-refractivity contribution in [2.45, 2.75) is 13.0 Å². The van der Waals surface area contributed by atoms with Crippen LogP contribution in [0.25, 0.3) is 0 Å². The van der Waals surface area contributed by atoms with E-state index in [2.05, 4.69) is 10.3 Å². The Balaban J connectivity index is 2.14. The lowest BCUT2D eigenvalue weighted by atomic mass is 10.3. The Bertz CT molecular complexity index is 397. The number of aliphatic imine (C=N–C) groups is 1.